The number of nitrogens with one attached hydrogen (secondary N) is 1. The quantitative estimate of drug-likeness (QED) is 0.187. The van der Waals surface area contributed by atoms with Gasteiger partial charge in [-0.05, 0) is 77.3 Å². The Morgan fingerprint density at radius 3 is 2.20 bits per heavy atom. The number of hydrogen-bond acceptors (Lipinski definition) is 6. The van der Waals surface area contributed by atoms with E-state index in [9.17, 15) is 4.79 Å². The first-order valence-corrected chi connectivity index (χ1v) is 16.5. The summed E-state index contributed by atoms with van der Waals surface area (Å²) in [6.45, 7) is 13.1. The molecule has 0 spiro atoms. The van der Waals surface area contributed by atoms with Gasteiger partial charge in [0, 0.05) is 39.1 Å². The van der Waals surface area contributed by atoms with Crippen molar-refractivity contribution in [1.82, 2.24) is 15.1 Å². The van der Waals surface area contributed by atoms with E-state index in [2.05, 4.69) is 66.2 Å². The lowest BCUT2D eigenvalue weighted by molar-refractivity contribution is -0.151. The number of esters is 1. The molecule has 7 nitrogen and oxygen atoms in total. The summed E-state index contributed by atoms with van der Waals surface area (Å²) in [4.78, 5) is 17.6. The van der Waals surface area contributed by atoms with Crippen LogP contribution >= 0.6 is 12.2 Å². The Morgan fingerprint density at radius 1 is 0.956 bits per heavy atom. The predicted octanol–water partition coefficient (Wildman–Crippen LogP) is 5.85. The SMILES string of the molecule is CCOC(=O)[C@H](Cc1ccc(OCCN(C(=S)NC)C2C3CN(Cc4ccccc4)CC32)cc1)Oc1ccc(C(C)(C)C)cc1. The first-order valence-electron chi connectivity index (χ1n) is 16.1. The highest BCUT2D eigenvalue weighted by atomic mass is 32.1. The Morgan fingerprint density at radius 2 is 1.60 bits per heavy atom. The molecule has 2 fully saturated rings. The lowest BCUT2D eigenvalue weighted by atomic mass is 9.87. The summed E-state index contributed by atoms with van der Waals surface area (Å²) >= 11 is 5.70. The van der Waals surface area contributed by atoms with Crippen molar-refractivity contribution in [3.63, 3.8) is 0 Å². The van der Waals surface area contributed by atoms with Crippen LogP contribution in [0.2, 0.25) is 0 Å². The van der Waals surface area contributed by atoms with E-state index in [1.807, 2.05) is 55.6 Å². The van der Waals surface area contributed by atoms with E-state index in [0.29, 0.717) is 43.3 Å². The minimum absolute atomic E-state index is 0.0431. The maximum atomic E-state index is 12.8. The molecule has 8 heteroatoms. The number of fused-ring (bicyclic) bond motifs is 1. The first-order chi connectivity index (χ1) is 21.7. The van der Waals surface area contributed by atoms with Gasteiger partial charge in [0.15, 0.2) is 11.2 Å². The Hall–Kier alpha value is -3.62. The highest BCUT2D eigenvalue weighted by molar-refractivity contribution is 7.80. The van der Waals surface area contributed by atoms with Crippen molar-refractivity contribution in [2.24, 2.45) is 11.8 Å². The molecule has 1 aliphatic carbocycles. The van der Waals surface area contributed by atoms with Crippen molar-refractivity contribution in [2.45, 2.75) is 58.2 Å². The molecule has 2 aliphatic rings. The van der Waals surface area contributed by atoms with Gasteiger partial charge in [0.05, 0.1) is 13.2 Å². The number of rotatable bonds is 13. The van der Waals surface area contributed by atoms with Crippen LogP contribution in [0.1, 0.15) is 44.4 Å². The van der Waals surface area contributed by atoms with Crippen LogP contribution in [-0.4, -0.2) is 72.9 Å². The number of carbonyl (C=O) groups is 1. The third-order valence-corrected chi connectivity index (χ3v) is 9.24. The standard InChI is InChI=1S/C37H47N3O4S/c1-6-42-35(41)33(44-30-18-14-28(15-19-30)37(2,3)4)22-26-12-16-29(17-13-26)43-21-20-40(36(45)38-5)34-31-24-39(25-32(31)34)23-27-10-8-7-9-11-27/h7-19,31-34H,6,20-25H2,1-5H3,(H,38,45)/t31?,32?,33-,34?/m0/s1. The fourth-order valence-corrected chi connectivity index (χ4v) is 6.56. The number of carbonyl (C=O) groups excluding carboxylic acids is 1. The lowest BCUT2D eigenvalue weighted by Gasteiger charge is -2.29. The van der Waals surface area contributed by atoms with Crippen LogP contribution in [0.25, 0.3) is 0 Å². The van der Waals surface area contributed by atoms with E-state index in [1.165, 1.54) is 11.1 Å². The molecule has 45 heavy (non-hydrogen) atoms. The Labute approximate surface area is 273 Å². The third kappa shape index (κ3) is 8.56. The maximum Gasteiger partial charge on any atom is 0.347 e. The van der Waals surface area contributed by atoms with Gasteiger partial charge in [-0.25, -0.2) is 4.79 Å². The minimum atomic E-state index is -0.741. The third-order valence-electron chi connectivity index (χ3n) is 8.80. The highest BCUT2D eigenvalue weighted by Gasteiger charge is 2.58. The molecule has 5 rings (SSSR count). The molecule has 240 valence electrons. The molecule has 1 aliphatic heterocycles. The fourth-order valence-electron chi connectivity index (χ4n) is 6.35. The van der Waals surface area contributed by atoms with Gasteiger partial charge < -0.3 is 24.4 Å². The van der Waals surface area contributed by atoms with Crippen LogP contribution in [0.15, 0.2) is 78.9 Å². The molecule has 0 amide bonds. The Balaban J connectivity index is 1.12. The van der Waals surface area contributed by atoms with Gasteiger partial charge in [0.2, 0.25) is 0 Å². The van der Waals surface area contributed by atoms with Crippen LogP contribution in [0, 0.1) is 11.8 Å². The largest absolute Gasteiger partial charge is 0.492 e. The molecule has 0 radical (unpaired) electrons. The second kappa shape index (κ2) is 14.6. The van der Waals surface area contributed by atoms with Gasteiger partial charge in [-0.1, -0.05) is 75.4 Å². The molecule has 1 saturated carbocycles. The molecule has 1 saturated heterocycles. The molecule has 1 heterocycles. The van der Waals surface area contributed by atoms with Crippen molar-refractivity contribution >= 4 is 23.3 Å². The maximum absolute atomic E-state index is 12.8. The number of benzene rings is 3. The number of ether oxygens (including phenoxy) is 3. The Bertz CT molecular complexity index is 1400. The molecule has 0 aromatic heterocycles. The molecular formula is C37H47N3O4S. The van der Waals surface area contributed by atoms with E-state index >= 15 is 0 Å². The molecule has 3 aromatic rings. The lowest BCUT2D eigenvalue weighted by Crippen LogP contribution is -2.45. The number of hydrogen-bond donors (Lipinski definition) is 1. The predicted molar refractivity (Wildman–Crippen MR) is 183 cm³/mol. The van der Waals surface area contributed by atoms with E-state index in [1.54, 1.807) is 6.92 Å². The van der Waals surface area contributed by atoms with E-state index < -0.39 is 6.10 Å². The smallest absolute Gasteiger partial charge is 0.347 e. The second-order valence-corrected chi connectivity index (χ2v) is 13.5. The van der Waals surface area contributed by atoms with Crippen LogP contribution in [-0.2, 0) is 27.9 Å². The average Bonchev–Trinajstić information content (AvgIpc) is 3.51. The summed E-state index contributed by atoms with van der Waals surface area (Å²) in [5.74, 6) is 2.35. The zero-order valence-electron chi connectivity index (χ0n) is 27.2. The van der Waals surface area contributed by atoms with Crippen molar-refractivity contribution < 1.29 is 19.0 Å². The van der Waals surface area contributed by atoms with Gasteiger partial charge in [0.25, 0.3) is 0 Å². The van der Waals surface area contributed by atoms with Crippen molar-refractivity contribution in [3.8, 4) is 11.5 Å². The monoisotopic (exact) mass is 629 g/mol. The van der Waals surface area contributed by atoms with Gasteiger partial charge in [-0.15, -0.1) is 0 Å². The second-order valence-electron chi connectivity index (χ2n) is 13.1. The van der Waals surface area contributed by atoms with Gasteiger partial charge in [-0.3, -0.25) is 4.90 Å². The van der Waals surface area contributed by atoms with E-state index in [4.69, 9.17) is 26.4 Å². The molecule has 2 unspecified atom stereocenters. The molecule has 1 N–H and O–H groups in total. The summed E-state index contributed by atoms with van der Waals surface area (Å²) in [5.41, 5.74) is 3.59. The highest BCUT2D eigenvalue weighted by Crippen LogP contribution is 2.49. The van der Waals surface area contributed by atoms with Crippen molar-refractivity contribution in [3.05, 3.63) is 95.6 Å². The average molecular weight is 630 g/mol. The topological polar surface area (TPSA) is 63.3 Å². The van der Waals surface area contributed by atoms with Crippen LogP contribution in [0.4, 0.5) is 0 Å². The molecule has 3 atom stereocenters. The van der Waals surface area contributed by atoms with Gasteiger partial charge >= 0.3 is 5.97 Å². The summed E-state index contributed by atoms with van der Waals surface area (Å²) in [5, 5.41) is 3.96. The number of piperidine rings is 1. The zero-order valence-corrected chi connectivity index (χ0v) is 28.0. The minimum Gasteiger partial charge on any atom is -0.492 e. The van der Waals surface area contributed by atoms with Gasteiger partial charge in [0.1, 0.15) is 18.1 Å². The molecule has 3 aromatic carbocycles. The van der Waals surface area contributed by atoms with Crippen LogP contribution in [0.3, 0.4) is 0 Å². The van der Waals surface area contributed by atoms with Crippen molar-refractivity contribution in [2.75, 3.05) is 39.9 Å². The zero-order chi connectivity index (χ0) is 32.0. The van der Waals surface area contributed by atoms with E-state index in [0.717, 1.165) is 42.6 Å². The fraction of sp³-hybridized carbons (Fsp3) is 0.459. The summed E-state index contributed by atoms with van der Waals surface area (Å²) < 4.78 is 17.6. The summed E-state index contributed by atoms with van der Waals surface area (Å²) in [6.07, 6.45) is -0.342. The Kier molecular flexibility index (Phi) is 10.7. The van der Waals surface area contributed by atoms with E-state index in [-0.39, 0.29) is 11.4 Å². The summed E-state index contributed by atoms with van der Waals surface area (Å²) in [7, 11) is 1.89. The normalized spacial score (nSPS) is 19.7. The van der Waals surface area contributed by atoms with Gasteiger partial charge in [-0.2, -0.15) is 0 Å². The first kappa shape index (κ1) is 32.8. The molecular weight excluding hydrogens is 582 g/mol. The number of nitrogens with zero attached hydrogens (tertiary/aromatic N) is 2. The van der Waals surface area contributed by atoms with Crippen molar-refractivity contribution in [1.29, 1.82) is 0 Å². The van der Waals surface area contributed by atoms with Crippen LogP contribution < -0.4 is 14.8 Å². The number of thiocarbonyl (C=S) groups is 1. The molecule has 0 bridgehead atoms. The van der Waals surface area contributed by atoms with Crippen LogP contribution in [0.5, 0.6) is 11.5 Å². The summed E-state index contributed by atoms with van der Waals surface area (Å²) in [6, 6.07) is 26.9. The number of likely N-dealkylation sites (tertiary alicyclic amines) is 1.